The van der Waals surface area contributed by atoms with Gasteiger partial charge in [0.2, 0.25) is 0 Å². The van der Waals surface area contributed by atoms with E-state index in [0.29, 0.717) is 17.9 Å². The fourth-order valence-corrected chi connectivity index (χ4v) is 1.94. The number of nitrogens with two attached hydrogens (primary N) is 1. The molecule has 0 saturated carbocycles. The molecule has 5 nitrogen and oxygen atoms in total. The van der Waals surface area contributed by atoms with Gasteiger partial charge in [0.15, 0.2) is 5.65 Å². The molecule has 3 rings (SSSR count). The number of rotatable bonds is 3. The Morgan fingerprint density at radius 2 is 2.00 bits per heavy atom. The summed E-state index contributed by atoms with van der Waals surface area (Å²) in [7, 11) is 0. The summed E-state index contributed by atoms with van der Waals surface area (Å²) in [6.45, 7) is 2.62. The van der Waals surface area contributed by atoms with Crippen LogP contribution in [0.3, 0.4) is 0 Å². The summed E-state index contributed by atoms with van der Waals surface area (Å²) in [6, 6.07) is 9.55. The predicted molar refractivity (Wildman–Crippen MR) is 74.0 cm³/mol. The van der Waals surface area contributed by atoms with Crippen molar-refractivity contribution in [2.75, 3.05) is 12.3 Å². The van der Waals surface area contributed by atoms with Crippen molar-refractivity contribution in [1.82, 2.24) is 14.6 Å². The molecule has 2 heterocycles. The van der Waals surface area contributed by atoms with E-state index in [1.165, 1.54) is 0 Å². The van der Waals surface area contributed by atoms with Crippen molar-refractivity contribution >= 4 is 11.3 Å². The smallest absolute Gasteiger partial charge is 0.177 e. The van der Waals surface area contributed by atoms with Crippen LogP contribution in [0.15, 0.2) is 42.7 Å². The summed E-state index contributed by atoms with van der Waals surface area (Å²) < 4.78 is 7.10. The maximum atomic E-state index is 5.87. The Morgan fingerprint density at radius 3 is 2.68 bits per heavy atom. The average molecular weight is 254 g/mol. The second-order valence-corrected chi connectivity index (χ2v) is 4.14. The second-order valence-electron chi connectivity index (χ2n) is 4.14. The summed E-state index contributed by atoms with van der Waals surface area (Å²) in [5, 5.41) is 4.18. The van der Waals surface area contributed by atoms with Gasteiger partial charge in [-0.3, -0.25) is 0 Å². The number of aromatic nitrogens is 3. The molecule has 2 N–H and O–H groups in total. The van der Waals surface area contributed by atoms with Crippen LogP contribution in [0.2, 0.25) is 0 Å². The molecule has 0 saturated heterocycles. The van der Waals surface area contributed by atoms with Crippen molar-refractivity contribution in [2.24, 2.45) is 0 Å². The minimum absolute atomic E-state index is 0.618. The standard InChI is InChI=1S/C14H14N4O/c1-2-19-11-5-3-10(4-6-11)13-9-18-14(17-13)12(15)7-8-16-18/h3-9H,2,15H2,1H3. The zero-order valence-electron chi connectivity index (χ0n) is 10.6. The Labute approximate surface area is 110 Å². The molecule has 0 bridgehead atoms. The zero-order chi connectivity index (χ0) is 13.2. The molecule has 0 unspecified atom stereocenters. The third kappa shape index (κ3) is 2.10. The fraction of sp³-hybridized carbons (Fsp3) is 0.143. The van der Waals surface area contributed by atoms with Crippen LogP contribution in [-0.4, -0.2) is 21.2 Å². The van der Waals surface area contributed by atoms with Crippen LogP contribution < -0.4 is 10.5 Å². The maximum absolute atomic E-state index is 5.87. The summed E-state index contributed by atoms with van der Waals surface area (Å²) >= 11 is 0. The minimum Gasteiger partial charge on any atom is -0.494 e. The molecule has 3 aromatic rings. The molecule has 5 heteroatoms. The van der Waals surface area contributed by atoms with Crippen molar-refractivity contribution < 1.29 is 4.74 Å². The second kappa shape index (κ2) is 4.61. The summed E-state index contributed by atoms with van der Waals surface area (Å²) in [5.74, 6) is 0.854. The van der Waals surface area contributed by atoms with Gasteiger partial charge in [-0.15, -0.1) is 0 Å². The zero-order valence-corrected chi connectivity index (χ0v) is 10.6. The molecule has 0 aliphatic rings. The highest BCUT2D eigenvalue weighted by atomic mass is 16.5. The van der Waals surface area contributed by atoms with Crippen LogP contribution in [-0.2, 0) is 0 Å². The predicted octanol–water partition coefficient (Wildman–Crippen LogP) is 2.38. The highest BCUT2D eigenvalue weighted by Gasteiger charge is 2.07. The van der Waals surface area contributed by atoms with Gasteiger partial charge in [0, 0.05) is 5.56 Å². The number of anilines is 1. The summed E-state index contributed by atoms with van der Waals surface area (Å²) in [6.07, 6.45) is 3.52. The quantitative estimate of drug-likeness (QED) is 0.779. The van der Waals surface area contributed by atoms with Crippen molar-refractivity contribution in [3.8, 4) is 17.0 Å². The molecule has 96 valence electrons. The Hall–Kier alpha value is -2.56. The van der Waals surface area contributed by atoms with Crippen molar-refractivity contribution in [3.63, 3.8) is 0 Å². The van der Waals surface area contributed by atoms with Crippen LogP contribution >= 0.6 is 0 Å². The van der Waals surface area contributed by atoms with Gasteiger partial charge in [0.25, 0.3) is 0 Å². The first-order chi connectivity index (χ1) is 9.28. The maximum Gasteiger partial charge on any atom is 0.177 e. The number of ether oxygens (including phenoxy) is 1. The highest BCUT2D eigenvalue weighted by molar-refractivity contribution is 5.70. The molecule has 0 amide bonds. The van der Waals surface area contributed by atoms with Crippen molar-refractivity contribution in [2.45, 2.75) is 6.92 Å². The van der Waals surface area contributed by atoms with Gasteiger partial charge in [-0.2, -0.15) is 5.10 Å². The first-order valence-corrected chi connectivity index (χ1v) is 6.11. The molecule has 1 aromatic carbocycles. The average Bonchev–Trinajstić information content (AvgIpc) is 2.85. The first-order valence-electron chi connectivity index (χ1n) is 6.11. The molecule has 19 heavy (non-hydrogen) atoms. The Balaban J connectivity index is 2.01. The normalized spacial score (nSPS) is 10.8. The molecular weight excluding hydrogens is 240 g/mol. The Morgan fingerprint density at radius 1 is 1.21 bits per heavy atom. The van der Waals surface area contributed by atoms with Gasteiger partial charge in [-0.05, 0) is 37.3 Å². The topological polar surface area (TPSA) is 65.4 Å². The largest absolute Gasteiger partial charge is 0.494 e. The first kappa shape index (κ1) is 11.5. The highest BCUT2D eigenvalue weighted by Crippen LogP contribution is 2.23. The van der Waals surface area contributed by atoms with Crippen molar-refractivity contribution in [3.05, 3.63) is 42.7 Å². The number of hydrogen-bond acceptors (Lipinski definition) is 4. The van der Waals surface area contributed by atoms with E-state index in [1.807, 2.05) is 37.4 Å². The van der Waals surface area contributed by atoms with E-state index in [-0.39, 0.29) is 0 Å². The monoisotopic (exact) mass is 254 g/mol. The lowest BCUT2D eigenvalue weighted by molar-refractivity contribution is 0.340. The van der Waals surface area contributed by atoms with Crippen LogP contribution in [0, 0.1) is 0 Å². The molecule has 2 aromatic heterocycles. The molecule has 0 aliphatic carbocycles. The van der Waals surface area contributed by atoms with E-state index in [4.69, 9.17) is 10.5 Å². The van der Waals surface area contributed by atoms with E-state index in [0.717, 1.165) is 17.0 Å². The number of nitrogen functional groups attached to an aromatic ring is 1. The van der Waals surface area contributed by atoms with Crippen LogP contribution in [0.25, 0.3) is 16.9 Å². The molecule has 0 fully saturated rings. The number of hydrogen-bond donors (Lipinski definition) is 1. The fourth-order valence-electron chi connectivity index (χ4n) is 1.94. The van der Waals surface area contributed by atoms with E-state index in [9.17, 15) is 0 Å². The third-order valence-electron chi connectivity index (χ3n) is 2.85. The molecule has 0 radical (unpaired) electrons. The van der Waals surface area contributed by atoms with Gasteiger partial charge in [-0.25, -0.2) is 9.50 Å². The van der Waals surface area contributed by atoms with Gasteiger partial charge < -0.3 is 10.5 Å². The van der Waals surface area contributed by atoms with Gasteiger partial charge in [-0.1, -0.05) is 0 Å². The molecule has 0 aliphatic heterocycles. The lowest BCUT2D eigenvalue weighted by atomic mass is 10.2. The van der Waals surface area contributed by atoms with E-state index in [1.54, 1.807) is 16.8 Å². The minimum atomic E-state index is 0.618. The van der Waals surface area contributed by atoms with E-state index in [2.05, 4.69) is 10.1 Å². The molecule has 0 spiro atoms. The van der Waals surface area contributed by atoms with Crippen LogP contribution in [0.5, 0.6) is 5.75 Å². The Kier molecular flexibility index (Phi) is 2.79. The van der Waals surface area contributed by atoms with Crippen molar-refractivity contribution in [1.29, 1.82) is 0 Å². The van der Waals surface area contributed by atoms with E-state index < -0.39 is 0 Å². The third-order valence-corrected chi connectivity index (χ3v) is 2.85. The number of benzene rings is 1. The molecule has 0 atom stereocenters. The lowest BCUT2D eigenvalue weighted by Gasteiger charge is -2.02. The number of nitrogens with zero attached hydrogens (tertiary/aromatic N) is 3. The summed E-state index contributed by atoms with van der Waals surface area (Å²) in [4.78, 5) is 4.49. The Bertz CT molecular complexity index is 703. The lowest BCUT2D eigenvalue weighted by Crippen LogP contribution is -1.94. The SMILES string of the molecule is CCOc1ccc(-c2cn3nccc(N)c3n2)cc1. The van der Waals surface area contributed by atoms with E-state index >= 15 is 0 Å². The number of imidazole rings is 1. The summed E-state index contributed by atoms with van der Waals surface area (Å²) in [5.41, 5.74) is 9.01. The number of fused-ring (bicyclic) bond motifs is 1. The molecular formula is C14H14N4O. The van der Waals surface area contributed by atoms with Crippen LogP contribution in [0.1, 0.15) is 6.92 Å². The van der Waals surface area contributed by atoms with Gasteiger partial charge in [0.1, 0.15) is 5.75 Å². The van der Waals surface area contributed by atoms with Gasteiger partial charge in [0.05, 0.1) is 30.4 Å². The van der Waals surface area contributed by atoms with Crippen LogP contribution in [0.4, 0.5) is 5.69 Å². The van der Waals surface area contributed by atoms with Gasteiger partial charge >= 0.3 is 0 Å².